The summed E-state index contributed by atoms with van der Waals surface area (Å²) in [6, 6.07) is 10.2. The van der Waals surface area contributed by atoms with Gasteiger partial charge in [0.25, 0.3) is 0 Å². The van der Waals surface area contributed by atoms with E-state index in [-0.39, 0.29) is 5.60 Å². The molecule has 1 aliphatic carbocycles. The number of benzene rings is 1. The van der Waals surface area contributed by atoms with Crippen molar-refractivity contribution in [3.63, 3.8) is 0 Å². The van der Waals surface area contributed by atoms with E-state index in [1.807, 2.05) is 31.4 Å². The molecule has 100 valence electrons. The van der Waals surface area contributed by atoms with E-state index in [2.05, 4.69) is 22.4 Å². The van der Waals surface area contributed by atoms with Gasteiger partial charge in [-0.25, -0.2) is 0 Å². The Kier molecular flexibility index (Phi) is 3.38. The monoisotopic (exact) mass is 256 g/mol. The Morgan fingerprint density at radius 2 is 2.16 bits per heavy atom. The fourth-order valence-corrected chi connectivity index (χ4v) is 2.72. The molecule has 3 rings (SSSR count). The second-order valence-corrected chi connectivity index (χ2v) is 5.32. The van der Waals surface area contributed by atoms with Crippen molar-refractivity contribution in [2.75, 3.05) is 13.6 Å². The Labute approximate surface area is 114 Å². The Hall–Kier alpha value is -1.61. The summed E-state index contributed by atoms with van der Waals surface area (Å²) < 4.78 is 6.37. The number of fused-ring (bicyclic) bond motifs is 1. The van der Waals surface area contributed by atoms with Crippen LogP contribution in [0, 0.1) is 0 Å². The molecule has 3 nitrogen and oxygen atoms in total. The molecule has 0 aliphatic heterocycles. The van der Waals surface area contributed by atoms with Crippen LogP contribution in [0.5, 0.6) is 5.75 Å². The molecular weight excluding hydrogens is 236 g/mol. The maximum atomic E-state index is 6.37. The van der Waals surface area contributed by atoms with Gasteiger partial charge in [-0.3, -0.25) is 4.98 Å². The van der Waals surface area contributed by atoms with Crippen LogP contribution in [0.1, 0.15) is 25.7 Å². The number of nitrogens with zero attached hydrogens (tertiary/aromatic N) is 1. The molecule has 1 aliphatic rings. The minimum atomic E-state index is 0.0349. The molecule has 1 N–H and O–H groups in total. The third kappa shape index (κ3) is 2.43. The molecule has 0 bridgehead atoms. The van der Waals surface area contributed by atoms with Gasteiger partial charge in [-0.15, -0.1) is 0 Å². The van der Waals surface area contributed by atoms with Gasteiger partial charge in [0.2, 0.25) is 0 Å². The first kappa shape index (κ1) is 12.4. The Morgan fingerprint density at radius 1 is 1.26 bits per heavy atom. The van der Waals surface area contributed by atoms with Crippen molar-refractivity contribution < 1.29 is 4.74 Å². The molecule has 0 atom stereocenters. The summed E-state index contributed by atoms with van der Waals surface area (Å²) in [5, 5.41) is 4.33. The van der Waals surface area contributed by atoms with Gasteiger partial charge >= 0.3 is 0 Å². The molecule has 1 heterocycles. The van der Waals surface area contributed by atoms with Crippen molar-refractivity contribution in [3.05, 3.63) is 36.5 Å². The van der Waals surface area contributed by atoms with Gasteiger partial charge in [0.15, 0.2) is 0 Å². The van der Waals surface area contributed by atoms with E-state index < -0.39 is 0 Å². The average Bonchev–Trinajstić information content (AvgIpc) is 2.42. The van der Waals surface area contributed by atoms with Crippen LogP contribution in [0.4, 0.5) is 0 Å². The van der Waals surface area contributed by atoms with Crippen LogP contribution >= 0.6 is 0 Å². The smallest absolute Gasteiger partial charge is 0.129 e. The standard InChI is InChI=1S/C16H20N2O/c1-17-12-10-16(8-4-9-16)19-15-7-2-6-14-13(15)5-3-11-18-14/h2-3,5-7,11,17H,4,8-10,12H2,1H3. The number of ether oxygens (including phenoxy) is 1. The van der Waals surface area contributed by atoms with E-state index in [4.69, 9.17) is 4.74 Å². The number of rotatable bonds is 5. The summed E-state index contributed by atoms with van der Waals surface area (Å²) in [6.45, 7) is 1.00. The fraction of sp³-hybridized carbons (Fsp3) is 0.438. The van der Waals surface area contributed by atoms with Crippen molar-refractivity contribution in [1.82, 2.24) is 10.3 Å². The maximum absolute atomic E-state index is 6.37. The van der Waals surface area contributed by atoms with Crippen molar-refractivity contribution in [3.8, 4) is 5.75 Å². The number of aromatic nitrogens is 1. The van der Waals surface area contributed by atoms with E-state index in [9.17, 15) is 0 Å². The van der Waals surface area contributed by atoms with Gasteiger partial charge in [-0.05, 0) is 63.5 Å². The van der Waals surface area contributed by atoms with Crippen molar-refractivity contribution in [1.29, 1.82) is 0 Å². The molecule has 3 heteroatoms. The third-order valence-corrected chi connectivity index (χ3v) is 4.03. The summed E-state index contributed by atoms with van der Waals surface area (Å²) >= 11 is 0. The van der Waals surface area contributed by atoms with Gasteiger partial charge in [0.05, 0.1) is 5.52 Å². The zero-order valence-electron chi connectivity index (χ0n) is 11.4. The molecule has 19 heavy (non-hydrogen) atoms. The van der Waals surface area contributed by atoms with E-state index in [0.717, 1.165) is 42.5 Å². The minimum absolute atomic E-state index is 0.0349. The molecule has 1 saturated carbocycles. The van der Waals surface area contributed by atoms with E-state index in [0.29, 0.717) is 0 Å². The predicted molar refractivity (Wildman–Crippen MR) is 77.5 cm³/mol. The predicted octanol–water partition coefficient (Wildman–Crippen LogP) is 3.15. The highest BCUT2D eigenvalue weighted by molar-refractivity contribution is 5.84. The summed E-state index contributed by atoms with van der Waals surface area (Å²) in [5.74, 6) is 0.974. The minimum Gasteiger partial charge on any atom is -0.487 e. The van der Waals surface area contributed by atoms with Crippen LogP contribution in [-0.4, -0.2) is 24.2 Å². The highest BCUT2D eigenvalue weighted by atomic mass is 16.5. The van der Waals surface area contributed by atoms with Gasteiger partial charge in [-0.1, -0.05) is 6.07 Å². The van der Waals surface area contributed by atoms with Gasteiger partial charge in [0, 0.05) is 11.6 Å². The highest BCUT2D eigenvalue weighted by Crippen LogP contribution is 2.40. The van der Waals surface area contributed by atoms with E-state index in [1.54, 1.807) is 0 Å². The Bertz CT molecular complexity index is 558. The van der Waals surface area contributed by atoms with Crippen LogP contribution < -0.4 is 10.1 Å². The molecule has 0 saturated heterocycles. The molecule has 1 aromatic carbocycles. The molecule has 1 aromatic heterocycles. The molecule has 2 aromatic rings. The summed E-state index contributed by atoms with van der Waals surface area (Å²) in [4.78, 5) is 4.39. The molecule has 0 amide bonds. The fourth-order valence-electron chi connectivity index (χ4n) is 2.72. The second kappa shape index (κ2) is 5.17. The lowest BCUT2D eigenvalue weighted by atomic mass is 9.77. The normalized spacial score (nSPS) is 17.1. The maximum Gasteiger partial charge on any atom is 0.129 e. The number of pyridine rings is 1. The van der Waals surface area contributed by atoms with Crippen LogP contribution in [0.15, 0.2) is 36.5 Å². The quantitative estimate of drug-likeness (QED) is 0.892. The van der Waals surface area contributed by atoms with Crippen LogP contribution in [0.3, 0.4) is 0 Å². The number of hydrogen-bond donors (Lipinski definition) is 1. The van der Waals surface area contributed by atoms with Crippen LogP contribution in [-0.2, 0) is 0 Å². The van der Waals surface area contributed by atoms with Crippen molar-refractivity contribution in [2.24, 2.45) is 0 Å². The lowest BCUT2D eigenvalue weighted by Gasteiger charge is -2.42. The van der Waals surface area contributed by atoms with Crippen molar-refractivity contribution >= 4 is 10.9 Å². The van der Waals surface area contributed by atoms with Gasteiger partial charge in [-0.2, -0.15) is 0 Å². The lowest BCUT2D eigenvalue weighted by molar-refractivity contribution is -0.0126. The first-order chi connectivity index (χ1) is 9.33. The molecule has 0 radical (unpaired) electrons. The summed E-state index contributed by atoms with van der Waals surface area (Å²) in [7, 11) is 1.99. The Balaban J connectivity index is 1.88. The van der Waals surface area contributed by atoms with Crippen LogP contribution in [0.25, 0.3) is 10.9 Å². The zero-order chi connectivity index (χ0) is 13.1. The highest BCUT2D eigenvalue weighted by Gasteiger charge is 2.38. The van der Waals surface area contributed by atoms with E-state index in [1.165, 1.54) is 6.42 Å². The lowest BCUT2D eigenvalue weighted by Crippen LogP contribution is -2.45. The Morgan fingerprint density at radius 3 is 2.89 bits per heavy atom. The van der Waals surface area contributed by atoms with E-state index >= 15 is 0 Å². The molecular formula is C16H20N2O. The largest absolute Gasteiger partial charge is 0.487 e. The number of hydrogen-bond acceptors (Lipinski definition) is 3. The SMILES string of the molecule is CNCCC1(Oc2cccc3ncccc23)CCC1. The first-order valence-corrected chi connectivity index (χ1v) is 7.00. The zero-order valence-corrected chi connectivity index (χ0v) is 11.4. The third-order valence-electron chi connectivity index (χ3n) is 4.03. The number of nitrogens with one attached hydrogen (secondary N) is 1. The van der Waals surface area contributed by atoms with Crippen LogP contribution in [0.2, 0.25) is 0 Å². The van der Waals surface area contributed by atoms with Gasteiger partial charge < -0.3 is 10.1 Å². The average molecular weight is 256 g/mol. The topological polar surface area (TPSA) is 34.1 Å². The molecule has 0 unspecified atom stereocenters. The molecule has 0 spiro atoms. The first-order valence-electron chi connectivity index (χ1n) is 7.00. The van der Waals surface area contributed by atoms with Crippen molar-refractivity contribution in [2.45, 2.75) is 31.3 Å². The van der Waals surface area contributed by atoms with Gasteiger partial charge in [0.1, 0.15) is 11.4 Å². The summed E-state index contributed by atoms with van der Waals surface area (Å²) in [6.07, 6.45) is 6.48. The second-order valence-electron chi connectivity index (χ2n) is 5.32. The molecule has 1 fully saturated rings. The summed E-state index contributed by atoms with van der Waals surface area (Å²) in [5.41, 5.74) is 1.04.